The molecule has 1 atom stereocenters. The fourth-order valence-electron chi connectivity index (χ4n) is 2.94. The third-order valence-corrected chi connectivity index (χ3v) is 4.47. The Labute approximate surface area is 141 Å². The second-order valence-electron chi connectivity index (χ2n) is 6.15. The maximum atomic E-state index is 13.2. The molecule has 0 spiro atoms. The summed E-state index contributed by atoms with van der Waals surface area (Å²) in [7, 11) is 0. The first-order valence-corrected chi connectivity index (χ1v) is 8.05. The number of halogens is 1. The average Bonchev–Trinajstić information content (AvgIpc) is 2.58. The summed E-state index contributed by atoms with van der Waals surface area (Å²) in [6, 6.07) is 12.1. The normalized spacial score (nSPS) is 15.6. The van der Waals surface area contributed by atoms with Gasteiger partial charge in [0.05, 0.1) is 6.04 Å². The van der Waals surface area contributed by atoms with Crippen molar-refractivity contribution in [3.8, 4) is 5.75 Å². The van der Waals surface area contributed by atoms with Gasteiger partial charge in [-0.25, -0.2) is 4.39 Å². The minimum atomic E-state index is -0.298. The smallest absolute Gasteiger partial charge is 0.234 e. The molecule has 4 nitrogen and oxygen atoms in total. The number of primary amides is 1. The predicted octanol–water partition coefficient (Wildman–Crippen LogP) is 2.64. The van der Waals surface area contributed by atoms with Crippen LogP contribution >= 0.6 is 0 Å². The van der Waals surface area contributed by atoms with E-state index in [9.17, 15) is 9.18 Å². The van der Waals surface area contributed by atoms with E-state index in [0.29, 0.717) is 13.2 Å². The van der Waals surface area contributed by atoms with Crippen LogP contribution in [0.2, 0.25) is 0 Å². The van der Waals surface area contributed by atoms with E-state index in [4.69, 9.17) is 10.5 Å². The van der Waals surface area contributed by atoms with E-state index in [1.165, 1.54) is 23.3 Å². The Hall–Kier alpha value is -2.40. The molecule has 0 aromatic heterocycles. The SMILES string of the molecule is C[C@H](C(N)=O)N1CCc2cc(OCc3cccc(F)c3)ccc2C1. The lowest BCUT2D eigenvalue weighted by Crippen LogP contribution is -2.45. The van der Waals surface area contributed by atoms with Gasteiger partial charge in [-0.3, -0.25) is 9.69 Å². The summed E-state index contributed by atoms with van der Waals surface area (Å²) < 4.78 is 19.0. The van der Waals surface area contributed by atoms with Gasteiger partial charge in [0.1, 0.15) is 18.2 Å². The van der Waals surface area contributed by atoms with Crippen molar-refractivity contribution in [3.05, 3.63) is 65.0 Å². The van der Waals surface area contributed by atoms with Gasteiger partial charge in [-0.2, -0.15) is 0 Å². The van der Waals surface area contributed by atoms with Crippen LogP contribution in [0.1, 0.15) is 23.6 Å². The molecule has 2 N–H and O–H groups in total. The van der Waals surface area contributed by atoms with E-state index in [1.807, 2.05) is 31.2 Å². The highest BCUT2D eigenvalue weighted by atomic mass is 19.1. The van der Waals surface area contributed by atoms with Crippen LogP contribution < -0.4 is 10.5 Å². The Bertz CT molecular complexity index is 748. The van der Waals surface area contributed by atoms with Crippen molar-refractivity contribution >= 4 is 5.91 Å². The highest BCUT2D eigenvalue weighted by molar-refractivity contribution is 5.79. The number of fused-ring (bicyclic) bond motifs is 1. The summed E-state index contributed by atoms with van der Waals surface area (Å²) in [4.78, 5) is 13.4. The van der Waals surface area contributed by atoms with Crippen molar-refractivity contribution in [1.29, 1.82) is 0 Å². The molecule has 1 aliphatic rings. The number of nitrogens with two attached hydrogens (primary N) is 1. The van der Waals surface area contributed by atoms with Gasteiger partial charge in [0.2, 0.25) is 5.91 Å². The molecular formula is C19H21FN2O2. The third kappa shape index (κ3) is 3.74. The monoisotopic (exact) mass is 328 g/mol. The Balaban J connectivity index is 1.66. The number of hydrogen-bond donors (Lipinski definition) is 1. The van der Waals surface area contributed by atoms with Gasteiger partial charge >= 0.3 is 0 Å². The summed E-state index contributed by atoms with van der Waals surface area (Å²) in [5.74, 6) is 0.216. The second-order valence-corrected chi connectivity index (χ2v) is 6.15. The molecule has 2 aromatic rings. The van der Waals surface area contributed by atoms with E-state index in [0.717, 1.165) is 24.3 Å². The summed E-state index contributed by atoms with van der Waals surface area (Å²) in [6.45, 7) is 3.68. The van der Waals surface area contributed by atoms with Crippen LogP contribution in [0.25, 0.3) is 0 Å². The van der Waals surface area contributed by atoms with E-state index in [1.54, 1.807) is 6.07 Å². The van der Waals surface area contributed by atoms with E-state index < -0.39 is 0 Å². The van der Waals surface area contributed by atoms with Crippen LogP contribution in [0.5, 0.6) is 5.75 Å². The molecule has 0 saturated carbocycles. The first kappa shape index (κ1) is 16.5. The van der Waals surface area contributed by atoms with Gasteiger partial charge in [0.25, 0.3) is 0 Å². The summed E-state index contributed by atoms with van der Waals surface area (Å²) in [6.07, 6.45) is 0.851. The average molecular weight is 328 g/mol. The standard InChI is InChI=1S/C19H21FN2O2/c1-13(19(21)23)22-8-7-15-10-18(6-5-16(15)11-22)24-12-14-3-2-4-17(20)9-14/h2-6,9-10,13H,7-8,11-12H2,1H3,(H2,21,23)/t13-/m1/s1. The van der Waals surface area contributed by atoms with Gasteiger partial charge in [-0.15, -0.1) is 0 Å². The lowest BCUT2D eigenvalue weighted by molar-refractivity contribution is -0.123. The van der Waals surface area contributed by atoms with Crippen molar-refractivity contribution in [2.45, 2.75) is 32.5 Å². The third-order valence-electron chi connectivity index (χ3n) is 4.47. The van der Waals surface area contributed by atoms with Crippen molar-refractivity contribution in [1.82, 2.24) is 4.90 Å². The van der Waals surface area contributed by atoms with Crippen molar-refractivity contribution in [2.24, 2.45) is 5.73 Å². The number of hydrogen-bond acceptors (Lipinski definition) is 3. The van der Waals surface area contributed by atoms with Crippen LogP contribution in [-0.4, -0.2) is 23.4 Å². The van der Waals surface area contributed by atoms with Gasteiger partial charge in [0, 0.05) is 13.1 Å². The maximum Gasteiger partial charge on any atom is 0.234 e. The summed E-state index contributed by atoms with van der Waals surface area (Å²) in [5, 5.41) is 0. The number of amides is 1. The van der Waals surface area contributed by atoms with Gasteiger partial charge in [-0.1, -0.05) is 18.2 Å². The summed E-state index contributed by atoms with van der Waals surface area (Å²) in [5.41, 5.74) is 8.60. The number of rotatable bonds is 5. The molecule has 0 fully saturated rings. The molecule has 3 rings (SSSR count). The molecule has 5 heteroatoms. The molecule has 0 unspecified atom stereocenters. The maximum absolute atomic E-state index is 13.2. The van der Waals surface area contributed by atoms with Crippen LogP contribution in [0.3, 0.4) is 0 Å². The topological polar surface area (TPSA) is 55.6 Å². The highest BCUT2D eigenvalue weighted by Crippen LogP contribution is 2.25. The Morgan fingerprint density at radius 1 is 1.29 bits per heavy atom. The fourth-order valence-corrected chi connectivity index (χ4v) is 2.94. The highest BCUT2D eigenvalue weighted by Gasteiger charge is 2.23. The van der Waals surface area contributed by atoms with Crippen molar-refractivity contribution in [3.63, 3.8) is 0 Å². The molecule has 1 heterocycles. The molecule has 0 aliphatic carbocycles. The first-order chi connectivity index (χ1) is 11.5. The molecular weight excluding hydrogens is 307 g/mol. The number of nitrogens with zero attached hydrogens (tertiary/aromatic N) is 1. The number of carbonyl (C=O) groups is 1. The van der Waals surface area contributed by atoms with Crippen molar-refractivity contribution in [2.75, 3.05) is 6.54 Å². The van der Waals surface area contributed by atoms with E-state index >= 15 is 0 Å². The molecule has 2 aromatic carbocycles. The van der Waals surface area contributed by atoms with E-state index in [2.05, 4.69) is 4.90 Å². The minimum absolute atomic E-state index is 0.259. The zero-order valence-corrected chi connectivity index (χ0v) is 13.7. The number of carbonyl (C=O) groups excluding carboxylic acids is 1. The Morgan fingerprint density at radius 2 is 2.12 bits per heavy atom. The predicted molar refractivity (Wildman–Crippen MR) is 89.9 cm³/mol. The fraction of sp³-hybridized carbons (Fsp3) is 0.316. The zero-order chi connectivity index (χ0) is 17.1. The van der Waals surface area contributed by atoms with Crippen LogP contribution in [-0.2, 0) is 24.4 Å². The van der Waals surface area contributed by atoms with Gasteiger partial charge < -0.3 is 10.5 Å². The van der Waals surface area contributed by atoms with Crippen LogP contribution in [0.4, 0.5) is 4.39 Å². The molecule has 0 bridgehead atoms. The molecule has 24 heavy (non-hydrogen) atoms. The molecule has 1 amide bonds. The Kier molecular flexibility index (Phi) is 4.81. The number of ether oxygens (including phenoxy) is 1. The number of benzene rings is 2. The van der Waals surface area contributed by atoms with Crippen molar-refractivity contribution < 1.29 is 13.9 Å². The summed E-state index contributed by atoms with van der Waals surface area (Å²) >= 11 is 0. The van der Waals surface area contributed by atoms with Crippen LogP contribution in [0, 0.1) is 5.82 Å². The first-order valence-electron chi connectivity index (χ1n) is 8.05. The van der Waals surface area contributed by atoms with E-state index in [-0.39, 0.29) is 17.8 Å². The quantitative estimate of drug-likeness (QED) is 0.918. The largest absolute Gasteiger partial charge is 0.489 e. The Morgan fingerprint density at radius 3 is 2.88 bits per heavy atom. The van der Waals surface area contributed by atoms with Crippen LogP contribution in [0.15, 0.2) is 42.5 Å². The lowest BCUT2D eigenvalue weighted by Gasteiger charge is -2.32. The second kappa shape index (κ2) is 7.01. The van der Waals surface area contributed by atoms with Gasteiger partial charge in [-0.05, 0) is 54.3 Å². The molecule has 0 radical (unpaired) electrons. The zero-order valence-electron chi connectivity index (χ0n) is 13.7. The molecule has 1 aliphatic heterocycles. The van der Waals surface area contributed by atoms with Gasteiger partial charge in [0.15, 0.2) is 0 Å². The lowest BCUT2D eigenvalue weighted by atomic mass is 9.98. The minimum Gasteiger partial charge on any atom is -0.489 e. The molecule has 0 saturated heterocycles. The molecule has 126 valence electrons.